The molecule has 0 aliphatic rings. The summed E-state index contributed by atoms with van der Waals surface area (Å²) in [5, 5.41) is 8.82. The van der Waals surface area contributed by atoms with E-state index < -0.39 is 12.0 Å². The highest BCUT2D eigenvalue weighted by atomic mass is 127. The van der Waals surface area contributed by atoms with Gasteiger partial charge in [-0.05, 0) is 93.2 Å². The van der Waals surface area contributed by atoms with Crippen molar-refractivity contribution in [3.8, 4) is 0 Å². The maximum absolute atomic E-state index is 12.7. The first-order valence-electron chi connectivity index (χ1n) is 9.14. The lowest BCUT2D eigenvalue weighted by atomic mass is 10.0. The molecule has 0 radical (unpaired) electrons. The SMILES string of the molecule is CC(C)(C)N(CCCC[C@H](N)C(=O)O)C(=O)CCCc1ccc(I)cc1. The van der Waals surface area contributed by atoms with Crippen LogP contribution in [0, 0.1) is 3.57 Å². The number of hydrogen-bond acceptors (Lipinski definition) is 3. The Morgan fingerprint density at radius 1 is 1.15 bits per heavy atom. The fraction of sp³-hybridized carbons (Fsp3) is 0.600. The van der Waals surface area contributed by atoms with Gasteiger partial charge in [-0.2, -0.15) is 0 Å². The molecule has 0 aromatic heterocycles. The van der Waals surface area contributed by atoms with Crippen LogP contribution in [0.5, 0.6) is 0 Å². The van der Waals surface area contributed by atoms with E-state index in [-0.39, 0.29) is 11.4 Å². The van der Waals surface area contributed by atoms with Gasteiger partial charge in [-0.1, -0.05) is 12.1 Å². The maximum Gasteiger partial charge on any atom is 0.320 e. The number of benzene rings is 1. The maximum atomic E-state index is 12.7. The summed E-state index contributed by atoms with van der Waals surface area (Å²) in [5.41, 5.74) is 6.54. The molecule has 6 heteroatoms. The van der Waals surface area contributed by atoms with Crippen molar-refractivity contribution in [1.29, 1.82) is 0 Å². The van der Waals surface area contributed by atoms with Crippen LogP contribution < -0.4 is 5.73 Å². The quantitative estimate of drug-likeness (QED) is 0.399. The molecule has 0 bridgehead atoms. The molecular weight excluding hydrogens is 443 g/mol. The molecular formula is C20H31IN2O3. The Labute approximate surface area is 170 Å². The summed E-state index contributed by atoms with van der Waals surface area (Å²) in [4.78, 5) is 25.3. The highest BCUT2D eigenvalue weighted by molar-refractivity contribution is 14.1. The number of aryl methyl sites for hydroxylation is 1. The average Bonchev–Trinajstić information content (AvgIpc) is 2.54. The predicted molar refractivity (Wildman–Crippen MR) is 113 cm³/mol. The minimum absolute atomic E-state index is 0.158. The number of amides is 1. The average molecular weight is 474 g/mol. The summed E-state index contributed by atoms with van der Waals surface area (Å²) >= 11 is 2.28. The van der Waals surface area contributed by atoms with Crippen molar-refractivity contribution in [3.63, 3.8) is 0 Å². The summed E-state index contributed by atoms with van der Waals surface area (Å²) in [6.45, 7) is 6.74. The van der Waals surface area contributed by atoms with E-state index in [1.807, 2.05) is 25.7 Å². The first-order valence-corrected chi connectivity index (χ1v) is 10.2. The van der Waals surface area contributed by atoms with E-state index in [1.165, 1.54) is 9.13 Å². The van der Waals surface area contributed by atoms with Gasteiger partial charge < -0.3 is 15.7 Å². The van der Waals surface area contributed by atoms with Crippen LogP contribution in [0.2, 0.25) is 0 Å². The molecule has 1 amide bonds. The normalized spacial score (nSPS) is 12.7. The van der Waals surface area contributed by atoms with Gasteiger partial charge >= 0.3 is 5.97 Å². The molecule has 146 valence electrons. The smallest absolute Gasteiger partial charge is 0.320 e. The van der Waals surface area contributed by atoms with Gasteiger partial charge in [0, 0.05) is 22.1 Å². The number of rotatable bonds is 10. The number of carbonyl (C=O) groups excluding carboxylic acids is 1. The van der Waals surface area contributed by atoms with Gasteiger partial charge in [-0.15, -0.1) is 0 Å². The minimum atomic E-state index is -0.968. The molecule has 1 aromatic rings. The third-order valence-corrected chi connectivity index (χ3v) is 5.06. The van der Waals surface area contributed by atoms with Crippen molar-refractivity contribution in [2.45, 2.75) is 70.9 Å². The summed E-state index contributed by atoms with van der Waals surface area (Å²) in [7, 11) is 0. The molecule has 0 saturated carbocycles. The predicted octanol–water partition coefficient (Wildman–Crippen LogP) is 3.82. The molecule has 1 rings (SSSR count). The van der Waals surface area contributed by atoms with E-state index in [0.717, 1.165) is 19.3 Å². The standard InChI is InChI=1S/C20H31IN2O3/c1-20(2,3)23(14-5-4-8-17(22)19(25)26)18(24)9-6-7-15-10-12-16(21)13-11-15/h10-13,17H,4-9,14,22H2,1-3H3,(H,25,26)/t17-/m0/s1. The van der Waals surface area contributed by atoms with Crippen LogP contribution in [0.4, 0.5) is 0 Å². The van der Waals surface area contributed by atoms with E-state index in [4.69, 9.17) is 10.8 Å². The van der Waals surface area contributed by atoms with Crippen molar-refractivity contribution in [1.82, 2.24) is 4.90 Å². The second-order valence-electron chi connectivity index (χ2n) is 7.64. The fourth-order valence-electron chi connectivity index (χ4n) is 2.82. The first kappa shape index (κ1) is 22.9. The molecule has 0 fully saturated rings. The largest absolute Gasteiger partial charge is 0.480 e. The van der Waals surface area contributed by atoms with E-state index in [1.54, 1.807) is 0 Å². The van der Waals surface area contributed by atoms with Crippen molar-refractivity contribution in [3.05, 3.63) is 33.4 Å². The summed E-state index contributed by atoms with van der Waals surface area (Å²) in [5.74, 6) is -0.810. The Hall–Kier alpha value is -1.15. The van der Waals surface area contributed by atoms with Crippen LogP contribution in [0.15, 0.2) is 24.3 Å². The van der Waals surface area contributed by atoms with Crippen LogP contribution >= 0.6 is 22.6 Å². The topological polar surface area (TPSA) is 83.6 Å². The Balaban J connectivity index is 2.45. The monoisotopic (exact) mass is 474 g/mol. The van der Waals surface area contributed by atoms with Gasteiger partial charge in [0.05, 0.1) is 0 Å². The number of hydrogen-bond donors (Lipinski definition) is 2. The Kier molecular flexibility index (Phi) is 9.57. The number of nitrogens with two attached hydrogens (primary N) is 1. The lowest BCUT2D eigenvalue weighted by Crippen LogP contribution is -2.46. The molecule has 0 spiro atoms. The molecule has 3 N–H and O–H groups in total. The van der Waals surface area contributed by atoms with Crippen LogP contribution in [0.3, 0.4) is 0 Å². The van der Waals surface area contributed by atoms with Gasteiger partial charge in [0.15, 0.2) is 0 Å². The van der Waals surface area contributed by atoms with Crippen molar-refractivity contribution in [2.75, 3.05) is 6.54 Å². The Bertz CT molecular complexity index is 582. The molecule has 5 nitrogen and oxygen atoms in total. The third-order valence-electron chi connectivity index (χ3n) is 4.34. The third kappa shape index (κ3) is 8.49. The minimum Gasteiger partial charge on any atom is -0.480 e. The summed E-state index contributed by atoms with van der Waals surface area (Å²) < 4.78 is 1.21. The molecule has 0 heterocycles. The van der Waals surface area contributed by atoms with Gasteiger partial charge in [0.1, 0.15) is 6.04 Å². The van der Waals surface area contributed by atoms with Crippen LogP contribution in [0.1, 0.15) is 58.4 Å². The summed E-state index contributed by atoms with van der Waals surface area (Å²) in [6.07, 6.45) is 4.16. The van der Waals surface area contributed by atoms with E-state index in [2.05, 4.69) is 46.9 Å². The van der Waals surface area contributed by atoms with Crippen molar-refractivity contribution >= 4 is 34.5 Å². The number of unbranched alkanes of at least 4 members (excludes halogenated alkanes) is 1. The summed E-state index contributed by atoms with van der Waals surface area (Å²) in [6, 6.07) is 7.57. The van der Waals surface area contributed by atoms with Gasteiger partial charge in [0.25, 0.3) is 0 Å². The fourth-order valence-corrected chi connectivity index (χ4v) is 3.18. The van der Waals surface area contributed by atoms with Crippen molar-refractivity contribution < 1.29 is 14.7 Å². The van der Waals surface area contributed by atoms with Gasteiger partial charge in [-0.3, -0.25) is 9.59 Å². The number of carboxylic acid groups (broad SMARTS) is 1. The van der Waals surface area contributed by atoms with E-state index >= 15 is 0 Å². The van der Waals surface area contributed by atoms with Gasteiger partial charge in [-0.25, -0.2) is 0 Å². The van der Waals surface area contributed by atoms with Gasteiger partial charge in [0.2, 0.25) is 5.91 Å². The highest BCUT2D eigenvalue weighted by Crippen LogP contribution is 2.18. The molecule has 26 heavy (non-hydrogen) atoms. The number of halogens is 1. The van der Waals surface area contributed by atoms with Crippen LogP contribution in [0.25, 0.3) is 0 Å². The van der Waals surface area contributed by atoms with Crippen LogP contribution in [-0.4, -0.2) is 40.0 Å². The molecule has 1 atom stereocenters. The van der Waals surface area contributed by atoms with E-state index in [0.29, 0.717) is 25.8 Å². The molecule has 0 unspecified atom stereocenters. The molecule has 0 aliphatic heterocycles. The first-order chi connectivity index (χ1) is 12.1. The molecule has 0 aliphatic carbocycles. The zero-order valence-electron chi connectivity index (χ0n) is 16.0. The zero-order valence-corrected chi connectivity index (χ0v) is 18.2. The van der Waals surface area contributed by atoms with E-state index in [9.17, 15) is 9.59 Å². The lowest BCUT2D eigenvalue weighted by molar-refractivity contribution is -0.139. The highest BCUT2D eigenvalue weighted by Gasteiger charge is 2.25. The number of carbonyl (C=O) groups is 2. The number of carboxylic acids is 1. The Morgan fingerprint density at radius 3 is 2.31 bits per heavy atom. The number of nitrogens with zero attached hydrogens (tertiary/aromatic N) is 1. The Morgan fingerprint density at radius 2 is 1.77 bits per heavy atom. The molecule has 0 saturated heterocycles. The molecule has 1 aromatic carbocycles. The second-order valence-corrected chi connectivity index (χ2v) is 8.88. The lowest BCUT2D eigenvalue weighted by Gasteiger charge is -2.36. The number of aliphatic carboxylic acids is 1. The van der Waals surface area contributed by atoms with Crippen molar-refractivity contribution in [2.24, 2.45) is 5.73 Å². The van der Waals surface area contributed by atoms with Crippen LogP contribution in [-0.2, 0) is 16.0 Å². The second kappa shape index (κ2) is 10.9. The zero-order chi connectivity index (χ0) is 19.7.